The first kappa shape index (κ1) is 15.3. The Balaban J connectivity index is 2.44. The van der Waals surface area contributed by atoms with E-state index in [1.807, 2.05) is 0 Å². The van der Waals surface area contributed by atoms with Gasteiger partial charge in [-0.05, 0) is 23.3 Å². The van der Waals surface area contributed by atoms with Gasteiger partial charge in [0.15, 0.2) is 0 Å². The van der Waals surface area contributed by atoms with Crippen LogP contribution < -0.4 is 15.2 Å². The molecule has 21 heavy (non-hydrogen) atoms. The van der Waals surface area contributed by atoms with Crippen molar-refractivity contribution in [3.05, 3.63) is 59.2 Å². The summed E-state index contributed by atoms with van der Waals surface area (Å²) in [7, 11) is 2.91. The molecule has 0 amide bonds. The minimum atomic E-state index is -0.568. The normalized spacial score (nSPS) is 10.8. The van der Waals surface area contributed by atoms with Gasteiger partial charge in [-0.15, -0.1) is 0 Å². The standard InChI is InChI=1S/C16H17F2NO2/c1-20-10-3-5-12(15(17)7-10)14(9-19)13-6-4-11(21-2)8-16(13)18/h3-8,14H,9,19H2,1-2H3. The molecule has 0 radical (unpaired) electrons. The van der Waals surface area contributed by atoms with Gasteiger partial charge in [0, 0.05) is 24.6 Å². The lowest BCUT2D eigenvalue weighted by atomic mass is 9.90. The molecule has 0 aliphatic rings. The Morgan fingerprint density at radius 2 is 1.33 bits per heavy atom. The zero-order chi connectivity index (χ0) is 15.4. The molecule has 0 aromatic heterocycles. The predicted molar refractivity (Wildman–Crippen MR) is 76.8 cm³/mol. The summed E-state index contributed by atoms with van der Waals surface area (Å²) in [6.45, 7) is 0.0898. The predicted octanol–water partition coefficient (Wildman–Crippen LogP) is 3.07. The highest BCUT2D eigenvalue weighted by Crippen LogP contribution is 2.31. The number of halogens is 2. The van der Waals surface area contributed by atoms with E-state index in [1.165, 1.54) is 26.4 Å². The molecule has 2 aromatic carbocycles. The maximum absolute atomic E-state index is 14.2. The summed E-state index contributed by atoms with van der Waals surface area (Å²) in [4.78, 5) is 0. The monoisotopic (exact) mass is 293 g/mol. The quantitative estimate of drug-likeness (QED) is 0.921. The van der Waals surface area contributed by atoms with Gasteiger partial charge in [0.05, 0.1) is 14.2 Å². The maximum Gasteiger partial charge on any atom is 0.130 e. The van der Waals surface area contributed by atoms with Crippen molar-refractivity contribution in [3.63, 3.8) is 0 Å². The first-order chi connectivity index (χ1) is 10.1. The van der Waals surface area contributed by atoms with Crippen LogP contribution in [0.2, 0.25) is 0 Å². The van der Waals surface area contributed by atoms with Crippen LogP contribution in [-0.4, -0.2) is 20.8 Å². The van der Waals surface area contributed by atoms with Crippen LogP contribution in [0.3, 0.4) is 0 Å². The Morgan fingerprint density at radius 3 is 1.62 bits per heavy atom. The van der Waals surface area contributed by atoms with Crippen molar-refractivity contribution in [1.29, 1.82) is 0 Å². The van der Waals surface area contributed by atoms with Crippen molar-refractivity contribution in [2.24, 2.45) is 5.73 Å². The molecule has 0 aliphatic heterocycles. The van der Waals surface area contributed by atoms with Crippen LogP contribution in [0, 0.1) is 11.6 Å². The van der Waals surface area contributed by atoms with Gasteiger partial charge < -0.3 is 15.2 Å². The largest absolute Gasteiger partial charge is 0.497 e. The van der Waals surface area contributed by atoms with Crippen molar-refractivity contribution in [3.8, 4) is 11.5 Å². The number of ether oxygens (including phenoxy) is 2. The third-order valence-corrected chi connectivity index (χ3v) is 3.40. The summed E-state index contributed by atoms with van der Waals surface area (Å²) in [6.07, 6.45) is 0. The molecule has 0 bridgehead atoms. The summed E-state index contributed by atoms with van der Waals surface area (Å²) in [6, 6.07) is 8.91. The summed E-state index contributed by atoms with van der Waals surface area (Å²) >= 11 is 0. The van der Waals surface area contributed by atoms with Crippen molar-refractivity contribution >= 4 is 0 Å². The van der Waals surface area contributed by atoms with Crippen LogP contribution in [0.15, 0.2) is 36.4 Å². The van der Waals surface area contributed by atoms with E-state index in [2.05, 4.69) is 0 Å². The van der Waals surface area contributed by atoms with Crippen molar-refractivity contribution in [1.82, 2.24) is 0 Å². The third kappa shape index (κ3) is 3.13. The van der Waals surface area contributed by atoms with Crippen molar-refractivity contribution < 1.29 is 18.3 Å². The van der Waals surface area contributed by atoms with Gasteiger partial charge in [-0.1, -0.05) is 12.1 Å². The molecule has 2 aromatic rings. The summed E-state index contributed by atoms with van der Waals surface area (Å²) < 4.78 is 38.2. The lowest BCUT2D eigenvalue weighted by molar-refractivity contribution is 0.409. The Bertz CT molecular complexity index is 578. The van der Waals surface area contributed by atoms with Crippen molar-refractivity contribution in [2.45, 2.75) is 5.92 Å². The third-order valence-electron chi connectivity index (χ3n) is 3.40. The van der Waals surface area contributed by atoms with Crippen LogP contribution >= 0.6 is 0 Å². The molecule has 0 spiro atoms. The molecule has 0 atom stereocenters. The fourth-order valence-electron chi connectivity index (χ4n) is 2.26. The molecule has 0 aliphatic carbocycles. The van der Waals surface area contributed by atoms with Crippen LogP contribution in [-0.2, 0) is 0 Å². The van der Waals surface area contributed by atoms with Crippen LogP contribution in [0.1, 0.15) is 17.0 Å². The SMILES string of the molecule is COc1ccc(C(CN)c2ccc(OC)cc2F)c(F)c1. The molecule has 2 N–H and O–H groups in total. The topological polar surface area (TPSA) is 44.5 Å². The van der Waals surface area contributed by atoms with Crippen LogP contribution in [0.5, 0.6) is 11.5 Å². The van der Waals surface area contributed by atoms with Crippen LogP contribution in [0.4, 0.5) is 8.78 Å². The zero-order valence-corrected chi connectivity index (χ0v) is 11.9. The highest BCUT2D eigenvalue weighted by atomic mass is 19.1. The number of methoxy groups -OCH3 is 2. The van der Waals surface area contributed by atoms with E-state index in [1.54, 1.807) is 24.3 Å². The minimum Gasteiger partial charge on any atom is -0.497 e. The van der Waals surface area contributed by atoms with Gasteiger partial charge in [0.2, 0.25) is 0 Å². The van der Waals surface area contributed by atoms with E-state index < -0.39 is 17.6 Å². The number of hydrogen-bond donors (Lipinski definition) is 1. The van der Waals surface area contributed by atoms with Gasteiger partial charge >= 0.3 is 0 Å². The van der Waals surface area contributed by atoms with Gasteiger partial charge in [0.25, 0.3) is 0 Å². The molecular weight excluding hydrogens is 276 g/mol. The molecule has 5 heteroatoms. The highest BCUT2D eigenvalue weighted by Gasteiger charge is 2.20. The first-order valence-electron chi connectivity index (χ1n) is 6.47. The van der Waals surface area contributed by atoms with E-state index >= 15 is 0 Å². The molecule has 2 rings (SSSR count). The van der Waals surface area contributed by atoms with E-state index in [0.29, 0.717) is 22.6 Å². The molecule has 3 nitrogen and oxygen atoms in total. The summed E-state index contributed by atoms with van der Waals surface area (Å²) in [5.41, 5.74) is 6.39. The van der Waals surface area contributed by atoms with Gasteiger partial charge in [-0.2, -0.15) is 0 Å². The van der Waals surface area contributed by atoms with Crippen molar-refractivity contribution in [2.75, 3.05) is 20.8 Å². The zero-order valence-electron chi connectivity index (χ0n) is 11.9. The fourth-order valence-corrected chi connectivity index (χ4v) is 2.26. The number of rotatable bonds is 5. The Morgan fingerprint density at radius 1 is 0.905 bits per heavy atom. The first-order valence-corrected chi connectivity index (χ1v) is 6.47. The number of nitrogens with two attached hydrogens (primary N) is 1. The fraction of sp³-hybridized carbons (Fsp3) is 0.250. The number of benzene rings is 2. The molecule has 0 saturated heterocycles. The second-order valence-electron chi connectivity index (χ2n) is 4.56. The van der Waals surface area contributed by atoms with Gasteiger partial charge in [-0.25, -0.2) is 8.78 Å². The molecule has 0 saturated carbocycles. The minimum absolute atomic E-state index is 0.0898. The Hall–Kier alpha value is -2.14. The Kier molecular flexibility index (Phi) is 4.75. The van der Waals surface area contributed by atoms with Crippen LogP contribution in [0.25, 0.3) is 0 Å². The lowest BCUT2D eigenvalue weighted by Gasteiger charge is -2.18. The molecule has 0 fully saturated rings. The Labute approximate surface area is 122 Å². The van der Waals surface area contributed by atoms with E-state index in [4.69, 9.17) is 15.2 Å². The maximum atomic E-state index is 14.2. The molecule has 0 heterocycles. The average Bonchev–Trinajstić information content (AvgIpc) is 2.50. The summed E-state index contributed by atoms with van der Waals surface area (Å²) in [5.74, 6) is -0.703. The van der Waals surface area contributed by atoms with E-state index in [0.717, 1.165) is 0 Å². The molecular formula is C16H17F2NO2. The summed E-state index contributed by atoms with van der Waals surface area (Å²) in [5, 5.41) is 0. The second-order valence-corrected chi connectivity index (χ2v) is 4.56. The van der Waals surface area contributed by atoms with E-state index in [-0.39, 0.29) is 6.54 Å². The lowest BCUT2D eigenvalue weighted by Crippen LogP contribution is -2.16. The van der Waals surface area contributed by atoms with Gasteiger partial charge in [-0.3, -0.25) is 0 Å². The highest BCUT2D eigenvalue weighted by molar-refractivity contribution is 5.40. The molecule has 112 valence electrons. The van der Waals surface area contributed by atoms with Gasteiger partial charge in [0.1, 0.15) is 23.1 Å². The number of hydrogen-bond acceptors (Lipinski definition) is 3. The average molecular weight is 293 g/mol. The second kappa shape index (κ2) is 6.54. The smallest absolute Gasteiger partial charge is 0.130 e. The molecule has 0 unspecified atom stereocenters. The van der Waals surface area contributed by atoms with E-state index in [9.17, 15) is 8.78 Å².